The van der Waals surface area contributed by atoms with Gasteiger partial charge in [0.15, 0.2) is 11.5 Å². The molecular weight excluding hydrogens is 346 g/mol. The molecule has 19 heavy (non-hydrogen) atoms. The molecule has 0 saturated carbocycles. The number of halogens is 4. The van der Waals surface area contributed by atoms with Gasteiger partial charge < -0.3 is 12.4 Å². The third-order valence-electron chi connectivity index (χ3n) is 2.40. The van der Waals surface area contributed by atoms with E-state index in [9.17, 15) is 0 Å². The number of nitrogens with zero attached hydrogens (tertiary/aromatic N) is 2. The maximum Gasteiger partial charge on any atom is 0.290 e. The number of hydrogen-bond donors (Lipinski definition) is 0. The topological polar surface area (TPSA) is 16.8 Å². The Morgan fingerprint density at radius 1 is 1.11 bits per heavy atom. The van der Waals surface area contributed by atoms with Crippen molar-refractivity contribution in [2.45, 2.75) is 26.2 Å². The van der Waals surface area contributed by atoms with Crippen LogP contribution < -0.4 is 16.5 Å². The minimum absolute atomic E-state index is 0. The van der Waals surface area contributed by atoms with Gasteiger partial charge in [-0.2, -0.15) is 0 Å². The van der Waals surface area contributed by atoms with Gasteiger partial charge in [-0.15, -0.1) is 0 Å². The highest BCUT2D eigenvalue weighted by Gasteiger charge is 2.27. The Kier molecular flexibility index (Phi) is 5.50. The van der Waals surface area contributed by atoms with Gasteiger partial charge in [0.05, 0.1) is 5.38 Å². The van der Waals surface area contributed by atoms with Gasteiger partial charge in [-0.05, 0) is 12.1 Å². The zero-order valence-corrected chi connectivity index (χ0v) is 14.4. The summed E-state index contributed by atoms with van der Waals surface area (Å²) < 4.78 is 1.72. The summed E-state index contributed by atoms with van der Waals surface area (Å²) in [6, 6.07) is 3.32. The van der Waals surface area contributed by atoms with Crippen molar-refractivity contribution in [2.75, 3.05) is 0 Å². The molecule has 0 amide bonds. The molecule has 0 spiro atoms. The highest BCUT2D eigenvalue weighted by atomic mass is 35.5. The van der Waals surface area contributed by atoms with Crippen molar-refractivity contribution < 1.29 is 16.5 Å². The Bertz CT molecular complexity index is 567. The average molecular weight is 358 g/mol. The summed E-state index contributed by atoms with van der Waals surface area (Å²) in [4.78, 5) is 0. The minimum atomic E-state index is -0.00682. The van der Waals surface area contributed by atoms with E-state index in [2.05, 4.69) is 25.9 Å². The molecule has 0 aliphatic rings. The zero-order chi connectivity index (χ0) is 13.5. The maximum atomic E-state index is 6.17. The van der Waals surface area contributed by atoms with Gasteiger partial charge in [-0.25, -0.2) is 0 Å². The third-order valence-corrected chi connectivity index (χ3v) is 3.99. The van der Waals surface area contributed by atoms with Crippen LogP contribution in [0.5, 0.6) is 0 Å². The summed E-state index contributed by atoms with van der Waals surface area (Å²) in [7, 11) is 0. The van der Waals surface area contributed by atoms with E-state index in [4.69, 9.17) is 34.8 Å². The first-order chi connectivity index (χ1) is 8.29. The minimum Gasteiger partial charge on any atom is -1.00 e. The molecule has 7 heteroatoms. The second-order valence-corrected chi connectivity index (χ2v) is 6.99. The predicted molar refractivity (Wildman–Crippen MR) is 77.4 cm³/mol. The van der Waals surface area contributed by atoms with Crippen molar-refractivity contribution in [3.05, 3.63) is 38.3 Å². The van der Waals surface area contributed by atoms with Crippen LogP contribution in [0.2, 0.25) is 15.1 Å². The first kappa shape index (κ1) is 17.0. The van der Waals surface area contributed by atoms with E-state index in [-0.39, 0.29) is 17.8 Å². The fourth-order valence-corrected chi connectivity index (χ4v) is 3.51. The van der Waals surface area contributed by atoms with E-state index >= 15 is 0 Å². The Hall–Kier alpha value is -0.0600. The summed E-state index contributed by atoms with van der Waals surface area (Å²) in [5.74, 6) is 0. The summed E-state index contributed by atoms with van der Waals surface area (Å²) in [6.45, 7) is 6.33. The lowest BCUT2D eigenvalue weighted by molar-refractivity contribution is -0.588. The van der Waals surface area contributed by atoms with Crippen LogP contribution >= 0.6 is 46.3 Å². The normalized spacial score (nSPS) is 11.3. The summed E-state index contributed by atoms with van der Waals surface area (Å²) in [5.41, 5.74) is 1.66. The van der Waals surface area contributed by atoms with Crippen molar-refractivity contribution in [3.8, 4) is 5.69 Å². The third kappa shape index (κ3) is 3.73. The first-order valence-corrected chi connectivity index (χ1v) is 7.30. The Balaban J connectivity index is 0.00000180. The molecule has 2 nitrogen and oxygen atoms in total. The van der Waals surface area contributed by atoms with E-state index < -0.39 is 0 Å². The van der Waals surface area contributed by atoms with Gasteiger partial charge in [0.2, 0.25) is 0 Å². The lowest BCUT2D eigenvalue weighted by atomic mass is 9.94. The summed E-state index contributed by atoms with van der Waals surface area (Å²) in [6.07, 6.45) is 0. The zero-order valence-electron chi connectivity index (χ0n) is 10.5. The van der Waals surface area contributed by atoms with Crippen LogP contribution in [0.4, 0.5) is 0 Å². The van der Waals surface area contributed by atoms with Crippen LogP contribution in [0.15, 0.2) is 17.5 Å². The molecule has 0 saturated heterocycles. The van der Waals surface area contributed by atoms with Gasteiger partial charge in [0.1, 0.15) is 15.7 Å². The Labute approximate surface area is 137 Å². The van der Waals surface area contributed by atoms with Crippen molar-refractivity contribution >= 4 is 46.3 Å². The lowest BCUT2D eigenvalue weighted by Crippen LogP contribution is -3.00. The molecule has 0 atom stereocenters. The molecular formula is C12H12Cl4N2S. The smallest absolute Gasteiger partial charge is 0.290 e. The predicted octanol–water partition coefficient (Wildman–Crippen LogP) is 1.68. The largest absolute Gasteiger partial charge is 1.00 e. The highest BCUT2D eigenvalue weighted by Crippen LogP contribution is 2.30. The molecule has 2 rings (SSSR count). The van der Waals surface area contributed by atoms with Crippen LogP contribution in [0, 0.1) is 0 Å². The highest BCUT2D eigenvalue weighted by molar-refractivity contribution is 6.99. The number of benzene rings is 1. The summed E-state index contributed by atoms with van der Waals surface area (Å²) in [5, 5.41) is 8.03. The molecule has 1 aromatic heterocycles. The molecule has 104 valence electrons. The molecule has 0 unspecified atom stereocenters. The van der Waals surface area contributed by atoms with Crippen molar-refractivity contribution in [1.29, 1.82) is 0 Å². The molecule has 1 aromatic carbocycles. The van der Waals surface area contributed by atoms with E-state index in [1.165, 1.54) is 11.5 Å². The number of hydrogen-bond acceptors (Lipinski definition) is 2. The monoisotopic (exact) mass is 356 g/mol. The average Bonchev–Trinajstić information content (AvgIpc) is 2.64. The van der Waals surface area contributed by atoms with Crippen LogP contribution in [0.3, 0.4) is 0 Å². The Morgan fingerprint density at radius 3 is 2.05 bits per heavy atom. The van der Waals surface area contributed by atoms with Crippen molar-refractivity contribution in [2.24, 2.45) is 0 Å². The molecule has 0 aliphatic heterocycles. The van der Waals surface area contributed by atoms with Crippen molar-refractivity contribution in [3.63, 3.8) is 0 Å². The van der Waals surface area contributed by atoms with E-state index in [0.29, 0.717) is 20.8 Å². The second-order valence-electron chi connectivity index (χ2n) is 4.95. The van der Waals surface area contributed by atoms with Gasteiger partial charge in [0, 0.05) is 19.6 Å². The first-order valence-electron chi connectivity index (χ1n) is 5.33. The van der Waals surface area contributed by atoms with Crippen LogP contribution in [-0.2, 0) is 5.41 Å². The molecule has 0 fully saturated rings. The van der Waals surface area contributed by atoms with E-state index in [1.54, 1.807) is 16.2 Å². The van der Waals surface area contributed by atoms with E-state index in [0.717, 1.165) is 5.69 Å². The molecule has 2 aromatic rings. The van der Waals surface area contributed by atoms with Gasteiger partial charge >= 0.3 is 0 Å². The lowest BCUT2D eigenvalue weighted by Gasteiger charge is -2.11. The molecule has 1 heterocycles. The van der Waals surface area contributed by atoms with Crippen LogP contribution in [-0.4, -0.2) is 5.10 Å². The van der Waals surface area contributed by atoms with Crippen molar-refractivity contribution in [1.82, 2.24) is 5.10 Å². The standard InChI is InChI=1S/C12H12Cl3N2S.ClH/c1-12(2,3)10-6-18-17(16-10)11-8(14)4-7(13)5-9(11)15;/h4-6H,1-3H3;1H/q+1;/p-1. The SMILES string of the molecule is CC(C)(C)c1cs[n+](-c2c(Cl)cc(Cl)cc2Cl)n1.[Cl-]. The maximum absolute atomic E-state index is 6.17. The van der Waals surface area contributed by atoms with Gasteiger partial charge in [-0.1, -0.05) is 55.6 Å². The molecule has 0 bridgehead atoms. The fraction of sp³-hybridized carbons (Fsp3) is 0.333. The van der Waals surface area contributed by atoms with Crippen LogP contribution in [0.1, 0.15) is 26.5 Å². The van der Waals surface area contributed by atoms with Gasteiger partial charge in [-0.3, -0.25) is 0 Å². The Morgan fingerprint density at radius 2 is 1.63 bits per heavy atom. The summed E-state index contributed by atoms with van der Waals surface area (Å²) >= 11 is 19.7. The second kappa shape index (κ2) is 6.15. The molecule has 0 radical (unpaired) electrons. The van der Waals surface area contributed by atoms with Gasteiger partial charge in [0.25, 0.3) is 5.69 Å². The fourth-order valence-electron chi connectivity index (χ4n) is 1.39. The van der Waals surface area contributed by atoms with E-state index in [1.807, 2.05) is 5.38 Å². The molecule has 0 N–H and O–H groups in total. The molecule has 0 aliphatic carbocycles. The number of rotatable bonds is 1. The number of aromatic nitrogens is 2. The van der Waals surface area contributed by atoms with Crippen LogP contribution in [0.25, 0.3) is 5.69 Å². The quantitative estimate of drug-likeness (QED) is 0.709.